The topological polar surface area (TPSA) is 85.0 Å². The molecule has 0 aliphatic heterocycles. The lowest BCUT2D eigenvalue weighted by Crippen LogP contribution is -2.30. The third-order valence-corrected chi connectivity index (χ3v) is 2.70. The molecule has 17 heavy (non-hydrogen) atoms. The third-order valence-electron chi connectivity index (χ3n) is 2.48. The molecule has 1 saturated carbocycles. The van der Waals surface area contributed by atoms with Gasteiger partial charge in [0, 0.05) is 18.8 Å². The maximum Gasteiger partial charge on any atom is 0.271 e. The first-order valence-corrected chi connectivity index (χ1v) is 5.95. The lowest BCUT2D eigenvalue weighted by molar-refractivity contribution is 0.0995. The van der Waals surface area contributed by atoms with E-state index in [4.69, 9.17) is 18.0 Å². The Labute approximate surface area is 105 Å². The predicted molar refractivity (Wildman–Crippen MR) is 68.8 cm³/mol. The van der Waals surface area contributed by atoms with Crippen molar-refractivity contribution in [3.63, 3.8) is 0 Å². The molecule has 0 saturated heterocycles. The van der Waals surface area contributed by atoms with Crippen molar-refractivity contribution in [2.75, 3.05) is 5.32 Å². The summed E-state index contributed by atoms with van der Waals surface area (Å²) < 4.78 is 1.64. The highest BCUT2D eigenvalue weighted by molar-refractivity contribution is 7.80. The molecule has 0 aromatic carbocycles. The molecule has 1 fully saturated rings. The van der Waals surface area contributed by atoms with Crippen LogP contribution in [0.2, 0.25) is 0 Å². The van der Waals surface area contributed by atoms with E-state index in [2.05, 4.69) is 15.7 Å². The number of nitrogens with one attached hydrogen (secondary N) is 2. The van der Waals surface area contributed by atoms with E-state index in [1.807, 2.05) is 6.92 Å². The van der Waals surface area contributed by atoms with E-state index in [1.165, 1.54) is 0 Å². The van der Waals surface area contributed by atoms with Crippen molar-refractivity contribution in [1.82, 2.24) is 15.1 Å². The van der Waals surface area contributed by atoms with Crippen molar-refractivity contribution in [2.24, 2.45) is 5.73 Å². The molecule has 92 valence electrons. The van der Waals surface area contributed by atoms with Crippen LogP contribution in [0.15, 0.2) is 6.20 Å². The molecule has 1 aliphatic carbocycles. The number of carbonyl (C=O) groups is 1. The van der Waals surface area contributed by atoms with Gasteiger partial charge in [0.05, 0.1) is 5.69 Å². The van der Waals surface area contributed by atoms with E-state index in [0.29, 0.717) is 23.4 Å². The minimum atomic E-state index is -0.561. The Hall–Kier alpha value is -1.63. The third kappa shape index (κ3) is 2.94. The van der Waals surface area contributed by atoms with Crippen molar-refractivity contribution in [1.29, 1.82) is 0 Å². The molecule has 0 spiro atoms. The lowest BCUT2D eigenvalue weighted by atomic mass is 10.3. The van der Waals surface area contributed by atoms with E-state index in [9.17, 15) is 4.79 Å². The molecule has 0 bridgehead atoms. The van der Waals surface area contributed by atoms with E-state index in [-0.39, 0.29) is 5.69 Å². The van der Waals surface area contributed by atoms with Gasteiger partial charge in [0.2, 0.25) is 0 Å². The summed E-state index contributed by atoms with van der Waals surface area (Å²) in [5, 5.41) is 10.7. The average molecular weight is 253 g/mol. The zero-order valence-electron chi connectivity index (χ0n) is 9.56. The largest absolute Gasteiger partial charge is 0.364 e. The molecule has 2 rings (SSSR count). The summed E-state index contributed by atoms with van der Waals surface area (Å²) in [5.74, 6) is -0.561. The highest BCUT2D eigenvalue weighted by Gasteiger charge is 2.22. The molecule has 1 heterocycles. The van der Waals surface area contributed by atoms with Crippen LogP contribution >= 0.6 is 12.2 Å². The fourth-order valence-electron chi connectivity index (χ4n) is 1.43. The minimum Gasteiger partial charge on any atom is -0.364 e. The second-order valence-corrected chi connectivity index (χ2v) is 4.39. The monoisotopic (exact) mass is 253 g/mol. The number of nitrogens with zero attached hydrogens (tertiary/aromatic N) is 2. The molecule has 1 aromatic heterocycles. The Bertz CT molecular complexity index is 452. The van der Waals surface area contributed by atoms with Crippen molar-refractivity contribution in [3.05, 3.63) is 11.9 Å². The van der Waals surface area contributed by atoms with Crippen LogP contribution in [0.1, 0.15) is 30.3 Å². The van der Waals surface area contributed by atoms with Crippen LogP contribution in [0.5, 0.6) is 0 Å². The summed E-state index contributed by atoms with van der Waals surface area (Å²) in [6.07, 6.45) is 4.00. The molecule has 0 unspecified atom stereocenters. The summed E-state index contributed by atoms with van der Waals surface area (Å²) in [6, 6.07) is 0.466. The first kappa shape index (κ1) is 11.8. The number of nitrogens with two attached hydrogens (primary N) is 1. The van der Waals surface area contributed by atoms with Gasteiger partial charge in [0.1, 0.15) is 0 Å². The number of hydrogen-bond donors (Lipinski definition) is 3. The number of carbonyl (C=O) groups excluding carboxylic acids is 1. The van der Waals surface area contributed by atoms with E-state index in [0.717, 1.165) is 12.8 Å². The second-order valence-electron chi connectivity index (χ2n) is 3.98. The molecule has 7 heteroatoms. The summed E-state index contributed by atoms with van der Waals surface area (Å²) in [5.41, 5.74) is 6.02. The fourth-order valence-corrected chi connectivity index (χ4v) is 1.70. The quantitative estimate of drug-likeness (QED) is 0.678. The zero-order valence-corrected chi connectivity index (χ0v) is 10.4. The standard InChI is InChI=1S/C10H15N5OS/c1-2-15-5-7(8(14-15)9(11)16)13-10(17)12-6-3-4-6/h5-6H,2-4H2,1H3,(H2,11,16)(H2,12,13,17). The molecule has 1 amide bonds. The SMILES string of the molecule is CCn1cc(NC(=S)NC2CC2)c(C(N)=O)n1. The van der Waals surface area contributed by atoms with Crippen LogP contribution in [0, 0.1) is 0 Å². The van der Waals surface area contributed by atoms with Gasteiger partial charge in [-0.05, 0) is 32.0 Å². The summed E-state index contributed by atoms with van der Waals surface area (Å²) in [4.78, 5) is 11.2. The van der Waals surface area contributed by atoms with Crippen LogP contribution in [-0.4, -0.2) is 26.8 Å². The van der Waals surface area contributed by atoms with Gasteiger partial charge in [-0.1, -0.05) is 0 Å². The Morgan fingerprint density at radius 2 is 2.41 bits per heavy atom. The van der Waals surface area contributed by atoms with Crippen molar-refractivity contribution < 1.29 is 4.79 Å². The van der Waals surface area contributed by atoms with Crippen molar-refractivity contribution in [2.45, 2.75) is 32.4 Å². The predicted octanol–water partition coefficient (Wildman–Crippen LogP) is 0.451. The van der Waals surface area contributed by atoms with Gasteiger partial charge in [-0.3, -0.25) is 9.48 Å². The molecular formula is C10H15N5OS. The molecule has 6 nitrogen and oxygen atoms in total. The van der Waals surface area contributed by atoms with Crippen molar-refractivity contribution >= 4 is 28.9 Å². The Kier molecular flexibility index (Phi) is 3.28. The van der Waals surface area contributed by atoms with Crippen LogP contribution in [0.3, 0.4) is 0 Å². The number of primary amides is 1. The Morgan fingerprint density at radius 1 is 1.71 bits per heavy atom. The number of hydrogen-bond acceptors (Lipinski definition) is 3. The molecule has 1 aromatic rings. The summed E-state index contributed by atoms with van der Waals surface area (Å²) >= 11 is 5.13. The van der Waals surface area contributed by atoms with Gasteiger partial charge < -0.3 is 16.4 Å². The number of rotatable bonds is 4. The summed E-state index contributed by atoms with van der Waals surface area (Å²) in [7, 11) is 0. The van der Waals surface area contributed by atoms with Gasteiger partial charge in [0.15, 0.2) is 10.8 Å². The highest BCUT2D eigenvalue weighted by Crippen LogP contribution is 2.19. The van der Waals surface area contributed by atoms with Crippen LogP contribution < -0.4 is 16.4 Å². The lowest BCUT2D eigenvalue weighted by Gasteiger charge is -2.07. The highest BCUT2D eigenvalue weighted by atomic mass is 32.1. The van der Waals surface area contributed by atoms with Crippen molar-refractivity contribution in [3.8, 4) is 0 Å². The fraction of sp³-hybridized carbons (Fsp3) is 0.500. The normalized spacial score (nSPS) is 14.4. The van der Waals surface area contributed by atoms with Gasteiger partial charge in [-0.15, -0.1) is 0 Å². The molecular weight excluding hydrogens is 238 g/mol. The first-order valence-electron chi connectivity index (χ1n) is 5.55. The second kappa shape index (κ2) is 4.70. The van der Waals surface area contributed by atoms with Gasteiger partial charge in [-0.25, -0.2) is 0 Å². The minimum absolute atomic E-state index is 0.215. The van der Waals surface area contributed by atoms with Gasteiger partial charge >= 0.3 is 0 Å². The van der Waals surface area contributed by atoms with Gasteiger partial charge in [-0.2, -0.15) is 5.10 Å². The number of amides is 1. The van der Waals surface area contributed by atoms with Crippen LogP contribution in [-0.2, 0) is 6.54 Å². The van der Waals surface area contributed by atoms with Gasteiger partial charge in [0.25, 0.3) is 5.91 Å². The molecule has 1 aliphatic rings. The number of thiocarbonyl (C=S) groups is 1. The van der Waals surface area contributed by atoms with E-state index < -0.39 is 5.91 Å². The van der Waals surface area contributed by atoms with E-state index in [1.54, 1.807) is 10.9 Å². The first-order chi connectivity index (χ1) is 8.10. The maximum atomic E-state index is 11.2. The smallest absolute Gasteiger partial charge is 0.271 e. The van der Waals surface area contributed by atoms with Crippen LogP contribution in [0.4, 0.5) is 5.69 Å². The van der Waals surface area contributed by atoms with Crippen LogP contribution in [0.25, 0.3) is 0 Å². The Morgan fingerprint density at radius 3 is 2.94 bits per heavy atom. The number of aromatic nitrogens is 2. The Balaban J connectivity index is 2.09. The van der Waals surface area contributed by atoms with E-state index >= 15 is 0 Å². The average Bonchev–Trinajstić information content (AvgIpc) is 2.96. The molecule has 0 radical (unpaired) electrons. The number of aryl methyl sites for hydroxylation is 1. The molecule has 4 N–H and O–H groups in total. The summed E-state index contributed by atoms with van der Waals surface area (Å²) in [6.45, 7) is 2.60. The number of anilines is 1. The zero-order chi connectivity index (χ0) is 12.4. The molecule has 0 atom stereocenters. The maximum absolute atomic E-state index is 11.2.